The topological polar surface area (TPSA) is 89.7 Å². The molecule has 1 rings (SSSR count). The summed E-state index contributed by atoms with van der Waals surface area (Å²) < 4.78 is 5.35. The first-order valence-corrected chi connectivity index (χ1v) is 6.06. The molecule has 0 unspecified atom stereocenters. The maximum absolute atomic E-state index is 10.9. The van der Waals surface area contributed by atoms with Gasteiger partial charge in [0, 0.05) is 6.07 Å². The molecular formula is C13H17NO5. The molecule has 104 valence electrons. The van der Waals surface area contributed by atoms with Gasteiger partial charge in [-0.3, -0.25) is 10.1 Å². The van der Waals surface area contributed by atoms with E-state index in [0.717, 1.165) is 18.9 Å². The average Bonchev–Trinajstić information content (AvgIpc) is 2.34. The third-order valence-corrected chi connectivity index (χ3v) is 2.59. The van der Waals surface area contributed by atoms with Gasteiger partial charge in [0.25, 0.3) is 0 Å². The van der Waals surface area contributed by atoms with Gasteiger partial charge in [-0.1, -0.05) is 13.8 Å². The van der Waals surface area contributed by atoms with E-state index >= 15 is 0 Å². The molecule has 6 nitrogen and oxygen atoms in total. The van der Waals surface area contributed by atoms with Crippen molar-refractivity contribution < 1.29 is 19.6 Å². The van der Waals surface area contributed by atoms with Crippen molar-refractivity contribution in [3.8, 4) is 5.75 Å². The van der Waals surface area contributed by atoms with Gasteiger partial charge in [0.15, 0.2) is 5.75 Å². The summed E-state index contributed by atoms with van der Waals surface area (Å²) in [5, 5.41) is 19.7. The van der Waals surface area contributed by atoms with Crippen LogP contribution < -0.4 is 4.74 Å². The fraction of sp³-hybridized carbons (Fsp3) is 0.462. The van der Waals surface area contributed by atoms with Gasteiger partial charge in [0.1, 0.15) is 0 Å². The Hall–Kier alpha value is -2.11. The van der Waals surface area contributed by atoms with E-state index in [2.05, 4.69) is 13.8 Å². The first kappa shape index (κ1) is 14.9. The summed E-state index contributed by atoms with van der Waals surface area (Å²) in [6.45, 7) is 4.56. The Bertz CT molecular complexity index is 470. The van der Waals surface area contributed by atoms with E-state index in [9.17, 15) is 14.9 Å². The van der Waals surface area contributed by atoms with Crippen LogP contribution in [-0.2, 0) is 0 Å². The minimum absolute atomic E-state index is 0.110. The van der Waals surface area contributed by atoms with Gasteiger partial charge in [-0.2, -0.15) is 0 Å². The Morgan fingerprint density at radius 1 is 1.47 bits per heavy atom. The zero-order chi connectivity index (χ0) is 14.4. The van der Waals surface area contributed by atoms with Crippen molar-refractivity contribution in [3.63, 3.8) is 0 Å². The van der Waals surface area contributed by atoms with E-state index < -0.39 is 10.9 Å². The van der Waals surface area contributed by atoms with Crippen molar-refractivity contribution in [1.29, 1.82) is 0 Å². The summed E-state index contributed by atoms with van der Waals surface area (Å²) in [6, 6.07) is 3.64. The summed E-state index contributed by atoms with van der Waals surface area (Å²) in [5.74, 6) is -0.541. The second-order valence-electron chi connectivity index (χ2n) is 4.63. The van der Waals surface area contributed by atoms with E-state index in [1.807, 2.05) is 0 Å². The van der Waals surface area contributed by atoms with Gasteiger partial charge in [0.2, 0.25) is 0 Å². The third kappa shape index (κ3) is 4.57. The molecule has 0 saturated carbocycles. The fourth-order valence-corrected chi connectivity index (χ4v) is 1.59. The van der Waals surface area contributed by atoms with Gasteiger partial charge in [-0.25, -0.2) is 4.79 Å². The number of rotatable bonds is 7. The number of carbonyl (C=O) groups is 1. The van der Waals surface area contributed by atoms with Crippen LogP contribution in [0.2, 0.25) is 0 Å². The molecular weight excluding hydrogens is 250 g/mol. The smallest absolute Gasteiger partial charge is 0.335 e. The Kier molecular flexibility index (Phi) is 5.29. The van der Waals surface area contributed by atoms with Crippen LogP contribution in [0.25, 0.3) is 0 Å². The zero-order valence-electron chi connectivity index (χ0n) is 11.0. The maximum Gasteiger partial charge on any atom is 0.335 e. The highest BCUT2D eigenvalue weighted by atomic mass is 16.6. The number of ether oxygens (including phenoxy) is 1. The molecule has 0 aliphatic rings. The predicted molar refractivity (Wildman–Crippen MR) is 69.6 cm³/mol. The number of nitro benzene ring substituents is 1. The van der Waals surface area contributed by atoms with Crippen LogP contribution in [0.15, 0.2) is 18.2 Å². The normalized spacial score (nSPS) is 10.5. The van der Waals surface area contributed by atoms with Gasteiger partial charge >= 0.3 is 11.7 Å². The molecule has 1 aromatic rings. The summed E-state index contributed by atoms with van der Waals surface area (Å²) in [7, 11) is 0. The molecule has 0 aliphatic heterocycles. The van der Waals surface area contributed by atoms with Gasteiger partial charge in [-0.15, -0.1) is 0 Å². The molecule has 0 bridgehead atoms. The fourth-order valence-electron chi connectivity index (χ4n) is 1.59. The summed E-state index contributed by atoms with van der Waals surface area (Å²) in [4.78, 5) is 21.0. The van der Waals surface area contributed by atoms with Crippen LogP contribution in [-0.4, -0.2) is 22.6 Å². The maximum atomic E-state index is 10.9. The lowest BCUT2D eigenvalue weighted by Crippen LogP contribution is -2.04. The van der Waals surface area contributed by atoms with Crippen LogP contribution in [0.1, 0.15) is 37.0 Å². The minimum atomic E-state index is -1.20. The highest BCUT2D eigenvalue weighted by Crippen LogP contribution is 2.28. The number of aromatic carboxylic acids is 1. The van der Waals surface area contributed by atoms with Crippen LogP contribution >= 0.6 is 0 Å². The van der Waals surface area contributed by atoms with Gasteiger partial charge in [-0.05, 0) is 30.9 Å². The van der Waals surface area contributed by atoms with Crippen LogP contribution in [0.4, 0.5) is 5.69 Å². The quantitative estimate of drug-likeness (QED) is 0.465. The van der Waals surface area contributed by atoms with E-state index in [4.69, 9.17) is 9.84 Å². The SMILES string of the molecule is CC(C)CCCOc1ccc(C(=O)O)cc1[N+](=O)[O-]. The molecule has 0 fully saturated rings. The lowest BCUT2D eigenvalue weighted by Gasteiger charge is -2.08. The van der Waals surface area contributed by atoms with Crippen LogP contribution in [0.3, 0.4) is 0 Å². The zero-order valence-corrected chi connectivity index (χ0v) is 11.0. The lowest BCUT2D eigenvalue weighted by molar-refractivity contribution is -0.385. The van der Waals surface area contributed by atoms with Crippen LogP contribution in [0, 0.1) is 16.0 Å². The largest absolute Gasteiger partial charge is 0.487 e. The monoisotopic (exact) mass is 267 g/mol. The van der Waals surface area contributed by atoms with E-state index in [-0.39, 0.29) is 17.0 Å². The van der Waals surface area contributed by atoms with Crippen LogP contribution in [0.5, 0.6) is 5.75 Å². The molecule has 0 aromatic heterocycles. The number of carboxylic acid groups (broad SMARTS) is 1. The molecule has 1 N–H and O–H groups in total. The molecule has 1 aromatic carbocycles. The van der Waals surface area contributed by atoms with E-state index in [0.29, 0.717) is 12.5 Å². The Labute approximate surface area is 111 Å². The molecule has 0 amide bonds. The Morgan fingerprint density at radius 3 is 2.68 bits per heavy atom. The molecule has 0 atom stereocenters. The minimum Gasteiger partial charge on any atom is -0.487 e. The number of benzene rings is 1. The molecule has 0 radical (unpaired) electrons. The van der Waals surface area contributed by atoms with Crippen molar-refractivity contribution in [2.75, 3.05) is 6.61 Å². The van der Waals surface area contributed by atoms with Crippen molar-refractivity contribution in [1.82, 2.24) is 0 Å². The summed E-state index contributed by atoms with van der Waals surface area (Å²) >= 11 is 0. The third-order valence-electron chi connectivity index (χ3n) is 2.59. The molecule has 19 heavy (non-hydrogen) atoms. The highest BCUT2D eigenvalue weighted by molar-refractivity contribution is 5.88. The number of hydrogen-bond acceptors (Lipinski definition) is 4. The molecule has 0 heterocycles. The molecule has 0 spiro atoms. The highest BCUT2D eigenvalue weighted by Gasteiger charge is 2.18. The summed E-state index contributed by atoms with van der Waals surface area (Å²) in [6.07, 6.45) is 1.77. The Balaban J connectivity index is 2.77. The Morgan fingerprint density at radius 2 is 2.16 bits per heavy atom. The van der Waals surface area contributed by atoms with E-state index in [1.165, 1.54) is 12.1 Å². The van der Waals surface area contributed by atoms with E-state index in [1.54, 1.807) is 0 Å². The van der Waals surface area contributed by atoms with Crippen molar-refractivity contribution >= 4 is 11.7 Å². The first-order valence-electron chi connectivity index (χ1n) is 6.06. The number of carboxylic acids is 1. The van der Waals surface area contributed by atoms with Crippen molar-refractivity contribution in [2.45, 2.75) is 26.7 Å². The number of nitro groups is 1. The standard InChI is InChI=1S/C13H17NO5/c1-9(2)4-3-7-19-12-6-5-10(13(15)16)8-11(12)14(17)18/h5-6,8-9H,3-4,7H2,1-2H3,(H,15,16). The summed E-state index contributed by atoms with van der Waals surface area (Å²) in [5.41, 5.74) is -0.439. The number of hydrogen-bond donors (Lipinski definition) is 1. The van der Waals surface area contributed by atoms with Crippen molar-refractivity contribution in [2.24, 2.45) is 5.92 Å². The predicted octanol–water partition coefficient (Wildman–Crippen LogP) is 3.11. The molecule has 6 heteroatoms. The van der Waals surface area contributed by atoms with Gasteiger partial charge in [0.05, 0.1) is 17.1 Å². The van der Waals surface area contributed by atoms with Gasteiger partial charge < -0.3 is 9.84 Å². The average molecular weight is 267 g/mol. The molecule has 0 aliphatic carbocycles. The second-order valence-corrected chi connectivity index (χ2v) is 4.63. The van der Waals surface area contributed by atoms with Crippen molar-refractivity contribution in [3.05, 3.63) is 33.9 Å². The second kappa shape index (κ2) is 6.72. The molecule has 0 saturated heterocycles. The lowest BCUT2D eigenvalue weighted by atomic mass is 10.1. The number of nitrogens with zero attached hydrogens (tertiary/aromatic N) is 1. The first-order chi connectivity index (χ1) is 8.91.